The summed E-state index contributed by atoms with van der Waals surface area (Å²) in [6.07, 6.45) is 1.46. The molecular formula is C16H24ClNOS. The molecule has 1 heterocycles. The maximum absolute atomic E-state index is 6.15. The minimum absolute atomic E-state index is 0.105. The number of rotatable bonds is 4. The van der Waals surface area contributed by atoms with Crippen molar-refractivity contribution in [2.24, 2.45) is 0 Å². The Bertz CT molecular complexity index is 458. The molecule has 112 valence electrons. The molecule has 1 fully saturated rings. The van der Waals surface area contributed by atoms with Crippen LogP contribution in [0, 0.1) is 0 Å². The number of halogens is 1. The zero-order chi connectivity index (χ0) is 14.8. The van der Waals surface area contributed by atoms with E-state index in [4.69, 9.17) is 16.3 Å². The van der Waals surface area contributed by atoms with Crippen molar-refractivity contribution in [2.75, 3.05) is 6.61 Å². The quantitative estimate of drug-likeness (QED) is 0.884. The third-order valence-electron chi connectivity index (χ3n) is 3.42. The second-order valence-corrected chi connectivity index (χ2v) is 8.09. The summed E-state index contributed by atoms with van der Waals surface area (Å²) in [7, 11) is 0. The van der Waals surface area contributed by atoms with Gasteiger partial charge in [-0.1, -0.05) is 11.6 Å². The molecule has 0 aliphatic carbocycles. The Kier molecular flexibility index (Phi) is 5.41. The summed E-state index contributed by atoms with van der Waals surface area (Å²) in [5, 5.41) is 4.89. The molecular weight excluding hydrogens is 290 g/mol. The predicted molar refractivity (Wildman–Crippen MR) is 87.7 cm³/mol. The van der Waals surface area contributed by atoms with Gasteiger partial charge >= 0.3 is 0 Å². The normalized spacial score (nSPS) is 23.2. The summed E-state index contributed by atoms with van der Waals surface area (Å²) in [5.74, 6) is 0. The minimum atomic E-state index is 0.105. The molecule has 1 aliphatic rings. The van der Waals surface area contributed by atoms with Crippen LogP contribution >= 0.6 is 23.4 Å². The van der Waals surface area contributed by atoms with E-state index in [-0.39, 0.29) is 5.54 Å². The van der Waals surface area contributed by atoms with E-state index in [1.165, 1.54) is 10.5 Å². The Morgan fingerprint density at radius 1 is 1.40 bits per heavy atom. The molecule has 0 saturated carbocycles. The van der Waals surface area contributed by atoms with Crippen molar-refractivity contribution in [3.05, 3.63) is 28.8 Å². The van der Waals surface area contributed by atoms with Crippen LogP contribution in [0.4, 0.5) is 0 Å². The van der Waals surface area contributed by atoms with Gasteiger partial charge in [-0.05, 0) is 57.9 Å². The lowest BCUT2D eigenvalue weighted by molar-refractivity contribution is 0.127. The summed E-state index contributed by atoms with van der Waals surface area (Å²) in [6, 6.07) is 6.19. The van der Waals surface area contributed by atoms with Crippen molar-refractivity contribution in [1.82, 2.24) is 5.32 Å². The standard InChI is InChI=1S/C16H24ClNOS/c1-11-14(7-8-19-11)20-15-6-5-13(17)9-12(15)10-18-16(2,3)4/h5-6,9,11,14,18H,7-8,10H2,1-4H3. The lowest BCUT2D eigenvalue weighted by atomic mass is 10.1. The highest BCUT2D eigenvalue weighted by Crippen LogP contribution is 2.35. The van der Waals surface area contributed by atoms with Crippen LogP contribution in [0.1, 0.15) is 39.7 Å². The Morgan fingerprint density at radius 2 is 2.15 bits per heavy atom. The van der Waals surface area contributed by atoms with Gasteiger partial charge in [-0.2, -0.15) is 0 Å². The molecule has 0 amide bonds. The van der Waals surface area contributed by atoms with Gasteiger partial charge in [0.25, 0.3) is 0 Å². The highest BCUT2D eigenvalue weighted by Gasteiger charge is 2.26. The Balaban J connectivity index is 2.10. The third-order valence-corrected chi connectivity index (χ3v) is 5.23. The summed E-state index contributed by atoms with van der Waals surface area (Å²) < 4.78 is 5.65. The molecule has 1 aromatic rings. The van der Waals surface area contributed by atoms with Crippen molar-refractivity contribution in [1.29, 1.82) is 0 Å². The molecule has 0 aromatic heterocycles. The minimum Gasteiger partial charge on any atom is -0.377 e. The van der Waals surface area contributed by atoms with Gasteiger partial charge in [0.2, 0.25) is 0 Å². The van der Waals surface area contributed by atoms with E-state index in [1.807, 2.05) is 17.8 Å². The van der Waals surface area contributed by atoms with Gasteiger partial charge in [-0.25, -0.2) is 0 Å². The van der Waals surface area contributed by atoms with Crippen LogP contribution in [0.15, 0.2) is 23.1 Å². The number of hydrogen-bond acceptors (Lipinski definition) is 3. The van der Waals surface area contributed by atoms with Gasteiger partial charge in [-0.15, -0.1) is 11.8 Å². The van der Waals surface area contributed by atoms with Crippen molar-refractivity contribution in [3.8, 4) is 0 Å². The van der Waals surface area contributed by atoms with Gasteiger partial charge in [0.15, 0.2) is 0 Å². The molecule has 1 N–H and O–H groups in total. The molecule has 1 aliphatic heterocycles. The Labute approximate surface area is 131 Å². The third kappa shape index (κ3) is 4.66. The zero-order valence-electron chi connectivity index (χ0n) is 12.7. The van der Waals surface area contributed by atoms with Crippen molar-refractivity contribution in [2.45, 2.75) is 62.4 Å². The first-order valence-electron chi connectivity index (χ1n) is 7.17. The Hall–Kier alpha value is -0.220. The van der Waals surface area contributed by atoms with Gasteiger partial charge in [0.1, 0.15) is 0 Å². The van der Waals surface area contributed by atoms with Crippen molar-refractivity contribution >= 4 is 23.4 Å². The average Bonchev–Trinajstić information content (AvgIpc) is 2.74. The Morgan fingerprint density at radius 3 is 2.75 bits per heavy atom. The summed E-state index contributed by atoms with van der Waals surface area (Å²) in [5.41, 5.74) is 1.38. The van der Waals surface area contributed by atoms with Crippen LogP contribution in [0.3, 0.4) is 0 Å². The van der Waals surface area contributed by atoms with Gasteiger partial charge in [0, 0.05) is 33.9 Å². The van der Waals surface area contributed by atoms with Crippen LogP contribution < -0.4 is 5.32 Å². The highest BCUT2D eigenvalue weighted by atomic mass is 35.5. The van der Waals surface area contributed by atoms with E-state index in [1.54, 1.807) is 0 Å². The van der Waals surface area contributed by atoms with E-state index in [0.717, 1.165) is 24.6 Å². The number of thioether (sulfide) groups is 1. The fourth-order valence-corrected chi connectivity index (χ4v) is 3.63. The van der Waals surface area contributed by atoms with E-state index in [9.17, 15) is 0 Å². The van der Waals surface area contributed by atoms with Crippen molar-refractivity contribution in [3.63, 3.8) is 0 Å². The summed E-state index contributed by atoms with van der Waals surface area (Å²) in [6.45, 7) is 10.4. The molecule has 20 heavy (non-hydrogen) atoms. The molecule has 0 spiro atoms. The molecule has 2 unspecified atom stereocenters. The fraction of sp³-hybridized carbons (Fsp3) is 0.625. The number of hydrogen-bond donors (Lipinski definition) is 1. The first-order chi connectivity index (χ1) is 9.35. The largest absolute Gasteiger partial charge is 0.377 e. The molecule has 2 nitrogen and oxygen atoms in total. The van der Waals surface area contributed by atoms with E-state index in [2.05, 4.69) is 45.1 Å². The van der Waals surface area contributed by atoms with Crippen molar-refractivity contribution < 1.29 is 4.74 Å². The number of benzene rings is 1. The van der Waals surface area contributed by atoms with Crippen LogP contribution in [-0.4, -0.2) is 23.5 Å². The maximum Gasteiger partial charge on any atom is 0.0669 e. The van der Waals surface area contributed by atoms with E-state index < -0.39 is 0 Å². The summed E-state index contributed by atoms with van der Waals surface area (Å²) >= 11 is 8.07. The fourth-order valence-electron chi connectivity index (χ4n) is 2.19. The number of ether oxygens (including phenoxy) is 1. The van der Waals surface area contributed by atoms with Gasteiger partial charge < -0.3 is 10.1 Å². The first kappa shape index (κ1) is 16.2. The molecule has 2 rings (SSSR count). The van der Waals surface area contributed by atoms with Crippen LogP contribution in [0.25, 0.3) is 0 Å². The smallest absolute Gasteiger partial charge is 0.0669 e. The molecule has 1 saturated heterocycles. The maximum atomic E-state index is 6.15. The lowest BCUT2D eigenvalue weighted by Crippen LogP contribution is -2.35. The van der Waals surface area contributed by atoms with Crippen LogP contribution in [0.5, 0.6) is 0 Å². The zero-order valence-corrected chi connectivity index (χ0v) is 14.3. The molecule has 2 atom stereocenters. The first-order valence-corrected chi connectivity index (χ1v) is 8.42. The molecule has 1 aromatic carbocycles. The second-order valence-electron chi connectivity index (χ2n) is 6.38. The van der Waals surface area contributed by atoms with E-state index in [0.29, 0.717) is 11.4 Å². The van der Waals surface area contributed by atoms with Gasteiger partial charge in [-0.3, -0.25) is 0 Å². The van der Waals surface area contributed by atoms with E-state index >= 15 is 0 Å². The lowest BCUT2D eigenvalue weighted by Gasteiger charge is -2.22. The van der Waals surface area contributed by atoms with Crippen LogP contribution in [0.2, 0.25) is 5.02 Å². The SMILES string of the molecule is CC1OCCC1Sc1ccc(Cl)cc1CNC(C)(C)C. The number of nitrogens with one attached hydrogen (secondary N) is 1. The molecule has 0 radical (unpaired) electrons. The second kappa shape index (κ2) is 6.69. The van der Waals surface area contributed by atoms with Crippen LogP contribution in [-0.2, 0) is 11.3 Å². The predicted octanol–water partition coefficient (Wildman–Crippen LogP) is 4.50. The van der Waals surface area contributed by atoms with Gasteiger partial charge in [0.05, 0.1) is 6.10 Å². The highest BCUT2D eigenvalue weighted by molar-refractivity contribution is 8.00. The average molecular weight is 314 g/mol. The molecule has 0 bridgehead atoms. The topological polar surface area (TPSA) is 21.3 Å². The molecule has 4 heteroatoms. The monoisotopic (exact) mass is 313 g/mol. The summed E-state index contributed by atoms with van der Waals surface area (Å²) in [4.78, 5) is 1.31.